The van der Waals surface area contributed by atoms with Gasteiger partial charge < -0.3 is 4.74 Å². The largest absolute Gasteiger partial charge is 0.499 e. The number of pyridine rings is 1. The summed E-state index contributed by atoms with van der Waals surface area (Å²) in [5.74, 6) is 0.344. The number of rotatable bonds is 5. The standard InChI is InChI=1S/C54H49N3O/c1-9-35-28-41(22-23-42(35)38-14-11-10-12-15-38)56-47-17-13-16-43-44-30-40(53(6,7)8)31-45-48-29-39(37-20-18-36(19-21-37)32(2)3)24-25-55(48)54(49(44)45)57(50(43)47)52(56)46-27-33(4)26-34(5)51(46)58-54/h10-32H,9H2,1-8H3/q+2/i32D. The fourth-order valence-electron chi connectivity index (χ4n) is 10.1. The number of imidazole rings is 1. The summed E-state index contributed by atoms with van der Waals surface area (Å²) in [4.78, 5) is 0. The third kappa shape index (κ3) is 4.69. The predicted octanol–water partition coefficient (Wildman–Crippen LogP) is 12.4. The van der Waals surface area contributed by atoms with E-state index in [1.807, 2.05) is 13.8 Å². The molecule has 3 aliphatic heterocycles. The van der Waals surface area contributed by atoms with Crippen LogP contribution in [0.15, 0.2) is 134 Å². The van der Waals surface area contributed by atoms with E-state index in [0.29, 0.717) is 0 Å². The van der Waals surface area contributed by atoms with Crippen molar-refractivity contribution in [2.75, 3.05) is 0 Å². The summed E-state index contributed by atoms with van der Waals surface area (Å²) in [5, 5.41) is 0. The lowest BCUT2D eigenvalue weighted by Crippen LogP contribution is -2.78. The summed E-state index contributed by atoms with van der Waals surface area (Å²) in [5.41, 5.74) is 21.1. The Balaban J connectivity index is 1.26. The molecular formula is C54H49N3O+2. The molecule has 284 valence electrons. The van der Waals surface area contributed by atoms with Crippen LogP contribution in [-0.2, 0) is 17.7 Å². The van der Waals surface area contributed by atoms with Gasteiger partial charge in [0.2, 0.25) is 5.69 Å². The van der Waals surface area contributed by atoms with Crippen LogP contribution in [0, 0.1) is 13.8 Å². The molecule has 0 bridgehead atoms. The van der Waals surface area contributed by atoms with Gasteiger partial charge in [-0.2, -0.15) is 4.57 Å². The SMILES string of the molecule is [2H]C(C)(C)c1ccc(-c2cc[n+]3c(c2)-c2cc(C(C)(C)C)cc4c2C32Oc3c(C)cc(C)cc3-c3n(-c5ccc(-c6ccccc6)c(CC)c5)c5cccc-4c5[n+]32)cc1. The lowest BCUT2D eigenvalue weighted by Gasteiger charge is -2.33. The van der Waals surface area contributed by atoms with Gasteiger partial charge in [0.05, 0.1) is 5.56 Å². The molecule has 0 fully saturated rings. The fourth-order valence-corrected chi connectivity index (χ4v) is 10.1. The molecule has 0 saturated carbocycles. The van der Waals surface area contributed by atoms with Gasteiger partial charge in [-0.05, 0) is 130 Å². The fraction of sp³-hybridized carbons (Fsp3) is 0.222. The van der Waals surface area contributed by atoms with Gasteiger partial charge in [-0.15, -0.1) is 9.13 Å². The van der Waals surface area contributed by atoms with Crippen molar-refractivity contribution in [1.29, 1.82) is 0 Å². The highest BCUT2D eigenvalue weighted by atomic mass is 16.5. The lowest BCUT2D eigenvalue weighted by atomic mass is 9.80. The van der Waals surface area contributed by atoms with Crippen molar-refractivity contribution in [3.05, 3.63) is 167 Å². The van der Waals surface area contributed by atoms with Gasteiger partial charge in [0.1, 0.15) is 16.8 Å². The van der Waals surface area contributed by atoms with Gasteiger partial charge in [-0.1, -0.05) is 108 Å². The van der Waals surface area contributed by atoms with E-state index < -0.39 is 11.7 Å². The minimum absolute atomic E-state index is 0.0911. The van der Waals surface area contributed by atoms with Gasteiger partial charge in [0.15, 0.2) is 23.0 Å². The van der Waals surface area contributed by atoms with Crippen LogP contribution in [0.4, 0.5) is 0 Å². The van der Waals surface area contributed by atoms with Gasteiger partial charge in [0.25, 0.3) is 0 Å². The van der Waals surface area contributed by atoms with Crippen LogP contribution in [0.5, 0.6) is 5.75 Å². The molecule has 6 aromatic carbocycles. The first-order valence-corrected chi connectivity index (χ1v) is 20.7. The molecule has 0 radical (unpaired) electrons. The van der Waals surface area contributed by atoms with E-state index in [1.54, 1.807) is 0 Å². The minimum atomic E-state index is -1.02. The van der Waals surface area contributed by atoms with Gasteiger partial charge >= 0.3 is 11.7 Å². The highest BCUT2D eigenvalue weighted by Crippen LogP contribution is 2.55. The average Bonchev–Trinajstić information content (AvgIpc) is 3.72. The second-order valence-corrected chi connectivity index (χ2v) is 17.8. The Morgan fingerprint density at radius 3 is 2.24 bits per heavy atom. The van der Waals surface area contributed by atoms with E-state index in [9.17, 15) is 0 Å². The van der Waals surface area contributed by atoms with Crippen LogP contribution in [-0.4, -0.2) is 4.57 Å². The smallest absolute Gasteiger partial charge is 0.392 e. The Kier molecular flexibility index (Phi) is 7.08. The van der Waals surface area contributed by atoms with Crippen LogP contribution in [0.3, 0.4) is 0 Å². The van der Waals surface area contributed by atoms with Crippen molar-refractivity contribution in [3.63, 3.8) is 0 Å². The lowest BCUT2D eigenvalue weighted by molar-refractivity contribution is -0.997. The predicted molar refractivity (Wildman–Crippen MR) is 236 cm³/mol. The summed E-state index contributed by atoms with van der Waals surface area (Å²) >= 11 is 0. The van der Waals surface area contributed by atoms with Crippen LogP contribution >= 0.6 is 0 Å². The van der Waals surface area contributed by atoms with Crippen molar-refractivity contribution in [2.45, 2.75) is 79.0 Å². The molecule has 1 atom stereocenters. The number of benzene rings is 6. The first-order chi connectivity index (χ1) is 28.3. The van der Waals surface area contributed by atoms with E-state index in [4.69, 9.17) is 6.11 Å². The maximum atomic E-state index is 8.62. The molecule has 0 amide bonds. The molecule has 0 aliphatic carbocycles. The normalized spacial score (nSPS) is 16.1. The monoisotopic (exact) mass is 756 g/mol. The molecule has 1 unspecified atom stereocenters. The molecule has 4 heteroatoms. The maximum Gasteiger partial charge on any atom is 0.499 e. The topological polar surface area (TPSA) is 21.9 Å². The number of aryl methyl sites for hydroxylation is 3. The van der Waals surface area contributed by atoms with Crippen molar-refractivity contribution in [1.82, 2.24) is 4.57 Å². The number of ether oxygens (including phenoxy) is 1. The zero-order chi connectivity index (χ0) is 40.7. The summed E-state index contributed by atoms with van der Waals surface area (Å²) in [6.45, 7) is 17.5. The Bertz CT molecular complexity index is 3090. The summed E-state index contributed by atoms with van der Waals surface area (Å²) in [6.07, 6.45) is 3.17. The Morgan fingerprint density at radius 2 is 1.50 bits per heavy atom. The number of nitrogens with zero attached hydrogens (tertiary/aromatic N) is 3. The van der Waals surface area contributed by atoms with Crippen LogP contribution in [0.1, 0.15) is 82.2 Å². The molecule has 0 N–H and O–H groups in total. The molecule has 0 saturated heterocycles. The average molecular weight is 757 g/mol. The molecule has 11 rings (SSSR count). The van der Waals surface area contributed by atoms with Crippen LogP contribution in [0.25, 0.3) is 72.7 Å². The second kappa shape index (κ2) is 12.1. The van der Waals surface area contributed by atoms with Crippen LogP contribution in [0.2, 0.25) is 0 Å². The third-order valence-electron chi connectivity index (χ3n) is 12.9. The number of para-hydroxylation sites is 1. The Morgan fingerprint density at radius 1 is 0.724 bits per heavy atom. The molecule has 5 heterocycles. The number of fused-ring (bicyclic) bond motifs is 5. The van der Waals surface area contributed by atoms with Crippen molar-refractivity contribution < 1.29 is 15.2 Å². The quantitative estimate of drug-likeness (QED) is 0.160. The van der Waals surface area contributed by atoms with E-state index in [0.717, 1.165) is 62.7 Å². The van der Waals surface area contributed by atoms with Gasteiger partial charge in [0, 0.05) is 24.6 Å². The number of hydrogen-bond acceptors (Lipinski definition) is 1. The minimum Gasteiger partial charge on any atom is -0.392 e. The van der Waals surface area contributed by atoms with Crippen molar-refractivity contribution >= 4 is 11.0 Å². The first-order valence-electron chi connectivity index (χ1n) is 21.2. The Hall–Kier alpha value is -6.26. The molecule has 4 nitrogen and oxygen atoms in total. The molecular weight excluding hydrogens is 707 g/mol. The summed E-state index contributed by atoms with van der Waals surface area (Å²) < 4.78 is 23.8. The van der Waals surface area contributed by atoms with Gasteiger partial charge in [-0.3, -0.25) is 0 Å². The van der Waals surface area contributed by atoms with Crippen molar-refractivity contribution in [3.8, 4) is 67.5 Å². The molecule has 1 spiro atoms. The molecule has 8 aromatic rings. The van der Waals surface area contributed by atoms with Gasteiger partial charge in [-0.25, -0.2) is 0 Å². The van der Waals surface area contributed by atoms with Crippen LogP contribution < -0.4 is 13.9 Å². The number of aromatic nitrogens is 3. The van der Waals surface area contributed by atoms with E-state index in [1.165, 1.54) is 55.6 Å². The molecule has 2 aromatic heterocycles. The zero-order valence-corrected chi connectivity index (χ0v) is 34.7. The highest BCUT2D eigenvalue weighted by molar-refractivity contribution is 5.98. The first kappa shape index (κ1) is 33.8. The maximum absolute atomic E-state index is 8.62. The van der Waals surface area contributed by atoms with E-state index in [-0.39, 0.29) is 5.41 Å². The highest BCUT2D eigenvalue weighted by Gasteiger charge is 2.68. The summed E-state index contributed by atoms with van der Waals surface area (Å²) in [6, 6.07) is 47.2. The van der Waals surface area contributed by atoms with E-state index in [2.05, 4.69) is 189 Å². The second-order valence-electron chi connectivity index (χ2n) is 17.8. The molecule has 58 heavy (non-hydrogen) atoms. The third-order valence-corrected chi connectivity index (χ3v) is 12.9. The summed E-state index contributed by atoms with van der Waals surface area (Å²) in [7, 11) is 0. The number of hydrogen-bond donors (Lipinski definition) is 0. The van der Waals surface area contributed by atoms with Crippen molar-refractivity contribution in [2.24, 2.45) is 0 Å². The zero-order valence-electron chi connectivity index (χ0n) is 35.7. The van der Waals surface area contributed by atoms with E-state index >= 15 is 0 Å². The molecule has 3 aliphatic rings. The Labute approximate surface area is 343 Å².